The fraction of sp³-hybridized carbons (Fsp3) is 0.133. The maximum absolute atomic E-state index is 13.2. The molecule has 0 saturated carbocycles. The number of hydrogen-bond donors (Lipinski definition) is 2. The summed E-state index contributed by atoms with van der Waals surface area (Å²) in [6.07, 6.45) is -0.643. The van der Waals surface area contributed by atoms with Crippen LogP contribution >= 0.6 is 0 Å². The molecular weight excluding hydrogens is 323 g/mol. The van der Waals surface area contributed by atoms with E-state index >= 15 is 0 Å². The van der Waals surface area contributed by atoms with Gasteiger partial charge in [0.05, 0.1) is 16.3 Å². The predicted octanol–water partition coefficient (Wildman–Crippen LogP) is 2.35. The summed E-state index contributed by atoms with van der Waals surface area (Å²) in [5.74, 6) is -0.516. The van der Waals surface area contributed by atoms with Crippen molar-refractivity contribution in [3.8, 4) is 5.75 Å². The first kappa shape index (κ1) is 15.3. The number of carbonyl (C=O) groups excluding carboxylic acids is 1. The molecule has 2 N–H and O–H groups in total. The number of nitrogens with one attached hydrogen (secondary N) is 2. The van der Waals surface area contributed by atoms with Crippen molar-refractivity contribution in [1.29, 1.82) is 0 Å². The van der Waals surface area contributed by atoms with Crippen LogP contribution in [0.15, 0.2) is 47.4 Å². The number of fused-ring (bicyclic) bond motifs is 1. The number of halogens is 1. The molecule has 3 rings (SSSR count). The van der Waals surface area contributed by atoms with Crippen molar-refractivity contribution >= 4 is 27.3 Å². The molecule has 0 fully saturated rings. The van der Waals surface area contributed by atoms with Crippen LogP contribution in [-0.4, -0.2) is 20.4 Å². The van der Waals surface area contributed by atoms with Crippen LogP contribution in [0.5, 0.6) is 5.75 Å². The molecule has 2 aromatic rings. The number of sulfonamides is 1. The summed E-state index contributed by atoms with van der Waals surface area (Å²) in [6.45, 7) is 1.59. The van der Waals surface area contributed by atoms with Gasteiger partial charge in [0.15, 0.2) is 6.10 Å². The van der Waals surface area contributed by atoms with Gasteiger partial charge in [-0.15, -0.1) is 0 Å². The number of anilines is 2. The average Bonchev–Trinajstić information content (AvgIpc) is 2.47. The number of amides is 1. The van der Waals surface area contributed by atoms with Crippen LogP contribution in [0.1, 0.15) is 6.92 Å². The smallest absolute Gasteiger partial charge is 0.265 e. The lowest BCUT2D eigenvalue weighted by Gasteiger charge is -2.23. The second-order valence-corrected chi connectivity index (χ2v) is 6.71. The highest BCUT2D eigenvalue weighted by atomic mass is 32.2. The molecule has 0 bridgehead atoms. The summed E-state index contributed by atoms with van der Waals surface area (Å²) in [4.78, 5) is 11.5. The van der Waals surface area contributed by atoms with Crippen LogP contribution in [0, 0.1) is 5.82 Å². The zero-order chi connectivity index (χ0) is 16.6. The molecule has 1 unspecified atom stereocenters. The molecule has 1 aliphatic rings. The van der Waals surface area contributed by atoms with Gasteiger partial charge < -0.3 is 10.1 Å². The normalized spacial score (nSPS) is 17.0. The van der Waals surface area contributed by atoms with Crippen LogP contribution < -0.4 is 14.8 Å². The third-order valence-electron chi connectivity index (χ3n) is 3.27. The summed E-state index contributed by atoms with van der Waals surface area (Å²) in [6, 6.07) is 9.23. The van der Waals surface area contributed by atoms with E-state index in [0.29, 0.717) is 5.75 Å². The second kappa shape index (κ2) is 5.54. The van der Waals surface area contributed by atoms with Gasteiger partial charge in [0.1, 0.15) is 11.6 Å². The van der Waals surface area contributed by atoms with E-state index in [1.165, 1.54) is 36.4 Å². The van der Waals surface area contributed by atoms with Crippen LogP contribution in [0.2, 0.25) is 0 Å². The molecule has 1 aliphatic heterocycles. The molecule has 1 atom stereocenters. The minimum Gasteiger partial charge on any atom is -0.479 e. The Morgan fingerprint density at radius 1 is 1.22 bits per heavy atom. The van der Waals surface area contributed by atoms with E-state index in [9.17, 15) is 17.6 Å². The highest BCUT2D eigenvalue weighted by Gasteiger charge is 2.25. The van der Waals surface area contributed by atoms with E-state index in [0.717, 1.165) is 6.07 Å². The molecule has 0 saturated heterocycles. The van der Waals surface area contributed by atoms with Crippen molar-refractivity contribution in [2.24, 2.45) is 0 Å². The van der Waals surface area contributed by atoms with Crippen molar-refractivity contribution in [2.45, 2.75) is 17.9 Å². The van der Waals surface area contributed by atoms with Gasteiger partial charge >= 0.3 is 0 Å². The SMILES string of the molecule is CC1Oc2ccc(S(=O)(=O)Nc3cccc(F)c3)cc2NC1=O. The lowest BCUT2D eigenvalue weighted by atomic mass is 10.2. The molecule has 0 aromatic heterocycles. The Bertz CT molecular complexity index is 883. The Hall–Kier alpha value is -2.61. The van der Waals surface area contributed by atoms with Gasteiger partial charge in [-0.3, -0.25) is 9.52 Å². The van der Waals surface area contributed by atoms with E-state index in [1.54, 1.807) is 6.92 Å². The number of rotatable bonds is 3. The molecule has 6 nitrogen and oxygen atoms in total. The highest BCUT2D eigenvalue weighted by molar-refractivity contribution is 7.92. The standard InChI is InChI=1S/C15H13FN2O4S/c1-9-15(19)17-13-8-12(5-6-14(13)22-9)23(20,21)18-11-4-2-3-10(16)7-11/h2-9,18H,1H3,(H,17,19). The monoisotopic (exact) mass is 336 g/mol. The Labute approximate surface area is 132 Å². The fourth-order valence-electron chi connectivity index (χ4n) is 2.12. The van der Waals surface area contributed by atoms with Gasteiger partial charge in [-0.25, -0.2) is 12.8 Å². The highest BCUT2D eigenvalue weighted by Crippen LogP contribution is 2.32. The van der Waals surface area contributed by atoms with E-state index in [4.69, 9.17) is 4.74 Å². The molecule has 0 aliphatic carbocycles. The van der Waals surface area contributed by atoms with E-state index in [-0.39, 0.29) is 22.2 Å². The molecular formula is C15H13FN2O4S. The first-order chi connectivity index (χ1) is 10.8. The van der Waals surface area contributed by atoms with Gasteiger partial charge in [0.25, 0.3) is 15.9 Å². The zero-order valence-corrected chi connectivity index (χ0v) is 12.9. The lowest BCUT2D eigenvalue weighted by molar-refractivity contribution is -0.122. The third kappa shape index (κ3) is 3.11. The third-order valence-corrected chi connectivity index (χ3v) is 4.65. The maximum atomic E-state index is 13.2. The molecule has 23 heavy (non-hydrogen) atoms. The van der Waals surface area contributed by atoms with Gasteiger partial charge in [-0.05, 0) is 43.3 Å². The number of carbonyl (C=O) groups is 1. The minimum atomic E-state index is -3.92. The summed E-state index contributed by atoms with van der Waals surface area (Å²) >= 11 is 0. The second-order valence-electron chi connectivity index (χ2n) is 5.02. The van der Waals surface area contributed by atoms with Crippen LogP contribution in [0.25, 0.3) is 0 Å². The Kier molecular flexibility index (Phi) is 3.69. The van der Waals surface area contributed by atoms with Gasteiger partial charge in [0, 0.05) is 0 Å². The topological polar surface area (TPSA) is 84.5 Å². The minimum absolute atomic E-state index is 0.0704. The first-order valence-corrected chi connectivity index (χ1v) is 8.23. The molecule has 2 aromatic carbocycles. The maximum Gasteiger partial charge on any atom is 0.265 e. The van der Waals surface area contributed by atoms with Crippen molar-refractivity contribution in [2.75, 3.05) is 10.0 Å². The molecule has 8 heteroatoms. The summed E-state index contributed by atoms with van der Waals surface area (Å²) in [7, 11) is -3.92. The van der Waals surface area contributed by atoms with Gasteiger partial charge in [-0.1, -0.05) is 6.07 Å². The summed E-state index contributed by atoms with van der Waals surface area (Å²) in [5.41, 5.74) is 0.381. The molecule has 0 spiro atoms. The Balaban J connectivity index is 1.92. The lowest BCUT2D eigenvalue weighted by Crippen LogP contribution is -2.34. The molecule has 0 radical (unpaired) electrons. The van der Waals surface area contributed by atoms with Crippen molar-refractivity contribution in [3.05, 3.63) is 48.3 Å². The molecule has 1 amide bonds. The largest absolute Gasteiger partial charge is 0.479 e. The zero-order valence-electron chi connectivity index (χ0n) is 12.0. The Morgan fingerprint density at radius 3 is 2.74 bits per heavy atom. The average molecular weight is 336 g/mol. The van der Waals surface area contributed by atoms with E-state index in [1.807, 2.05) is 0 Å². The van der Waals surface area contributed by atoms with Crippen LogP contribution in [-0.2, 0) is 14.8 Å². The van der Waals surface area contributed by atoms with E-state index in [2.05, 4.69) is 10.0 Å². The summed E-state index contributed by atoms with van der Waals surface area (Å²) < 4.78 is 45.5. The van der Waals surface area contributed by atoms with Crippen LogP contribution in [0.4, 0.5) is 15.8 Å². The Morgan fingerprint density at radius 2 is 2.00 bits per heavy atom. The van der Waals surface area contributed by atoms with Gasteiger partial charge in [-0.2, -0.15) is 0 Å². The first-order valence-electron chi connectivity index (χ1n) is 6.75. The van der Waals surface area contributed by atoms with Crippen molar-refractivity contribution in [3.63, 3.8) is 0 Å². The van der Waals surface area contributed by atoms with Crippen molar-refractivity contribution in [1.82, 2.24) is 0 Å². The van der Waals surface area contributed by atoms with Crippen molar-refractivity contribution < 1.29 is 22.3 Å². The number of benzene rings is 2. The quantitative estimate of drug-likeness (QED) is 0.901. The summed E-state index contributed by atoms with van der Waals surface area (Å²) in [5, 5.41) is 2.58. The number of ether oxygens (including phenoxy) is 1. The fourth-order valence-corrected chi connectivity index (χ4v) is 3.20. The van der Waals surface area contributed by atoms with Crippen LogP contribution in [0.3, 0.4) is 0 Å². The number of hydrogen-bond acceptors (Lipinski definition) is 4. The van der Waals surface area contributed by atoms with E-state index < -0.39 is 21.9 Å². The molecule has 1 heterocycles. The predicted molar refractivity (Wildman–Crippen MR) is 82.4 cm³/mol. The van der Waals surface area contributed by atoms with Gasteiger partial charge in [0.2, 0.25) is 0 Å². The molecule has 120 valence electrons.